The molecular weight excluding hydrogens is 491 g/mol. The van der Waals surface area contributed by atoms with Crippen LogP contribution in [-0.2, 0) is 12.8 Å². The molecule has 1 atom stereocenters. The number of hydrogen-bond acceptors (Lipinski definition) is 5. The summed E-state index contributed by atoms with van der Waals surface area (Å²) in [5.74, 6) is 2.72. The number of nitrogens with one attached hydrogen (secondary N) is 1. The quantitative estimate of drug-likeness (QED) is 0.306. The molecule has 1 aromatic carbocycles. The summed E-state index contributed by atoms with van der Waals surface area (Å²) in [7, 11) is 1.83. The van der Waals surface area contributed by atoms with Gasteiger partial charge < -0.3 is 14.7 Å². The van der Waals surface area contributed by atoms with Crippen LogP contribution in [0.2, 0.25) is 0 Å². The van der Waals surface area contributed by atoms with Gasteiger partial charge in [0.1, 0.15) is 5.69 Å². The van der Waals surface area contributed by atoms with Crippen LogP contribution in [-0.4, -0.2) is 52.7 Å². The summed E-state index contributed by atoms with van der Waals surface area (Å²) in [4.78, 5) is 15.5. The molecule has 1 N–H and O–H groups in total. The summed E-state index contributed by atoms with van der Waals surface area (Å²) >= 11 is 0. The van der Waals surface area contributed by atoms with Crippen LogP contribution in [0.1, 0.15) is 17.8 Å². The number of nitrogens with zero attached hydrogens (tertiary/aromatic N) is 5. The van der Waals surface area contributed by atoms with E-state index in [4.69, 9.17) is 4.52 Å². The largest absolute Gasteiger partial charge is 0.356 e. The first kappa shape index (κ1) is 22.2. The van der Waals surface area contributed by atoms with Crippen LogP contribution in [0.5, 0.6) is 0 Å². The highest BCUT2D eigenvalue weighted by Gasteiger charge is 2.25. The lowest BCUT2D eigenvalue weighted by molar-refractivity contribution is 0.420. The highest BCUT2D eigenvalue weighted by atomic mass is 127. The molecule has 30 heavy (non-hydrogen) atoms. The summed E-state index contributed by atoms with van der Waals surface area (Å²) in [5, 5.41) is 7.48. The smallest absolute Gasteiger partial charge is 0.276 e. The zero-order chi connectivity index (χ0) is 19.9. The molecule has 1 fully saturated rings. The summed E-state index contributed by atoms with van der Waals surface area (Å²) in [6.45, 7) is 2.76. The molecule has 0 amide bonds. The lowest BCUT2D eigenvalue weighted by Crippen LogP contribution is -2.41. The van der Waals surface area contributed by atoms with Crippen LogP contribution in [0.15, 0.2) is 64.2 Å². The Morgan fingerprint density at radius 3 is 2.80 bits per heavy atom. The van der Waals surface area contributed by atoms with Gasteiger partial charge in [0.15, 0.2) is 11.8 Å². The van der Waals surface area contributed by atoms with Gasteiger partial charge in [0.05, 0.1) is 0 Å². The number of aromatic nitrogens is 3. The topological polar surface area (TPSA) is 79.4 Å². The van der Waals surface area contributed by atoms with Crippen molar-refractivity contribution in [3.05, 3.63) is 66.1 Å². The fourth-order valence-corrected chi connectivity index (χ4v) is 3.71. The highest BCUT2D eigenvalue weighted by Crippen LogP contribution is 2.21. The summed E-state index contributed by atoms with van der Waals surface area (Å²) in [6, 6.07) is 16.3. The zero-order valence-electron chi connectivity index (χ0n) is 17.1. The molecule has 0 aliphatic carbocycles. The van der Waals surface area contributed by atoms with E-state index in [1.54, 1.807) is 6.20 Å². The third kappa shape index (κ3) is 5.78. The Labute approximate surface area is 194 Å². The minimum Gasteiger partial charge on any atom is -0.356 e. The highest BCUT2D eigenvalue weighted by molar-refractivity contribution is 14.0. The molecule has 158 valence electrons. The van der Waals surface area contributed by atoms with Crippen molar-refractivity contribution in [1.29, 1.82) is 0 Å². The molecule has 1 aliphatic heterocycles. The van der Waals surface area contributed by atoms with Gasteiger partial charge in [0.25, 0.3) is 5.89 Å². The van der Waals surface area contributed by atoms with Crippen molar-refractivity contribution < 1.29 is 4.52 Å². The van der Waals surface area contributed by atoms with Crippen molar-refractivity contribution in [3.8, 4) is 11.6 Å². The second-order valence-corrected chi connectivity index (χ2v) is 7.25. The van der Waals surface area contributed by atoms with Crippen LogP contribution < -0.4 is 5.32 Å². The first-order chi connectivity index (χ1) is 14.3. The number of benzene rings is 1. The van der Waals surface area contributed by atoms with Gasteiger partial charge in [0, 0.05) is 39.3 Å². The summed E-state index contributed by atoms with van der Waals surface area (Å²) in [6.07, 6.45) is 4.68. The Morgan fingerprint density at radius 2 is 2.03 bits per heavy atom. The lowest BCUT2D eigenvalue weighted by Gasteiger charge is -2.21. The molecule has 0 radical (unpaired) electrons. The third-order valence-corrected chi connectivity index (χ3v) is 5.15. The normalized spacial score (nSPS) is 16.4. The fraction of sp³-hybridized carbons (Fsp3) is 0.364. The molecule has 2 aromatic heterocycles. The molecule has 1 aliphatic rings. The van der Waals surface area contributed by atoms with E-state index in [1.165, 1.54) is 12.0 Å². The van der Waals surface area contributed by atoms with Crippen molar-refractivity contribution in [2.24, 2.45) is 10.9 Å². The average Bonchev–Trinajstić information content (AvgIpc) is 3.43. The molecule has 0 bridgehead atoms. The SMILES string of the molecule is CN=C(NCCc1noc(-c2ccccn2)n1)N1CCC(Cc2ccccc2)C1.I. The Morgan fingerprint density at radius 1 is 1.20 bits per heavy atom. The van der Waals surface area contributed by atoms with Gasteiger partial charge in [0.2, 0.25) is 0 Å². The van der Waals surface area contributed by atoms with E-state index in [0.717, 1.165) is 25.5 Å². The Bertz CT molecular complexity index is 931. The van der Waals surface area contributed by atoms with Crippen LogP contribution in [0, 0.1) is 5.92 Å². The maximum absolute atomic E-state index is 5.31. The minimum absolute atomic E-state index is 0. The predicted octanol–water partition coefficient (Wildman–Crippen LogP) is 3.43. The van der Waals surface area contributed by atoms with E-state index in [0.29, 0.717) is 36.3 Å². The Balaban J connectivity index is 0.00000256. The number of aliphatic imine (C=N–C) groups is 1. The average molecular weight is 518 g/mol. The molecule has 7 nitrogen and oxygen atoms in total. The third-order valence-electron chi connectivity index (χ3n) is 5.15. The molecule has 3 aromatic rings. The lowest BCUT2D eigenvalue weighted by atomic mass is 9.99. The molecule has 1 unspecified atom stereocenters. The molecule has 3 heterocycles. The zero-order valence-corrected chi connectivity index (χ0v) is 19.4. The Kier molecular flexibility index (Phi) is 8.18. The van der Waals surface area contributed by atoms with Crippen molar-refractivity contribution >= 4 is 29.9 Å². The van der Waals surface area contributed by atoms with E-state index in [2.05, 4.69) is 60.7 Å². The van der Waals surface area contributed by atoms with Gasteiger partial charge in [-0.2, -0.15) is 4.98 Å². The van der Waals surface area contributed by atoms with Gasteiger partial charge in [-0.1, -0.05) is 41.6 Å². The van der Waals surface area contributed by atoms with E-state index in [9.17, 15) is 0 Å². The van der Waals surface area contributed by atoms with Gasteiger partial charge in [-0.05, 0) is 36.5 Å². The van der Waals surface area contributed by atoms with Crippen LogP contribution >= 0.6 is 24.0 Å². The van der Waals surface area contributed by atoms with Crippen molar-refractivity contribution in [3.63, 3.8) is 0 Å². The second kappa shape index (κ2) is 11.1. The van der Waals surface area contributed by atoms with Crippen molar-refractivity contribution in [1.82, 2.24) is 25.3 Å². The first-order valence-electron chi connectivity index (χ1n) is 10.1. The predicted molar refractivity (Wildman–Crippen MR) is 128 cm³/mol. The molecule has 0 saturated carbocycles. The van der Waals surface area contributed by atoms with Crippen LogP contribution in [0.4, 0.5) is 0 Å². The van der Waals surface area contributed by atoms with E-state index < -0.39 is 0 Å². The van der Waals surface area contributed by atoms with Crippen molar-refractivity contribution in [2.45, 2.75) is 19.3 Å². The van der Waals surface area contributed by atoms with Gasteiger partial charge in [-0.3, -0.25) is 9.98 Å². The van der Waals surface area contributed by atoms with E-state index >= 15 is 0 Å². The summed E-state index contributed by atoms with van der Waals surface area (Å²) in [5.41, 5.74) is 2.10. The fourth-order valence-electron chi connectivity index (χ4n) is 3.71. The maximum Gasteiger partial charge on any atom is 0.276 e. The first-order valence-corrected chi connectivity index (χ1v) is 10.1. The molecule has 1 saturated heterocycles. The number of guanidine groups is 1. The van der Waals surface area contributed by atoms with Crippen LogP contribution in [0.3, 0.4) is 0 Å². The minimum atomic E-state index is 0. The molecule has 0 spiro atoms. The van der Waals surface area contributed by atoms with Crippen molar-refractivity contribution in [2.75, 3.05) is 26.7 Å². The van der Waals surface area contributed by atoms with E-state index in [1.807, 2.05) is 25.2 Å². The number of likely N-dealkylation sites (tertiary alicyclic amines) is 1. The Hall–Kier alpha value is -2.49. The van der Waals surface area contributed by atoms with Gasteiger partial charge in [-0.15, -0.1) is 24.0 Å². The molecular formula is C22H27IN6O. The number of hydrogen-bond donors (Lipinski definition) is 1. The number of pyridine rings is 1. The van der Waals surface area contributed by atoms with Gasteiger partial charge >= 0.3 is 0 Å². The maximum atomic E-state index is 5.31. The molecule has 8 heteroatoms. The van der Waals surface area contributed by atoms with Gasteiger partial charge in [-0.25, -0.2) is 0 Å². The molecule has 4 rings (SSSR count). The monoisotopic (exact) mass is 518 g/mol. The number of rotatable bonds is 6. The summed E-state index contributed by atoms with van der Waals surface area (Å²) < 4.78 is 5.31. The standard InChI is InChI=1S/C22H26N6O.HI/c1-23-22(28-14-11-18(16-28)15-17-7-3-2-4-8-17)25-13-10-20-26-21(29-27-20)19-9-5-6-12-24-19;/h2-9,12,18H,10-11,13-16H2,1H3,(H,23,25);1H. The van der Waals surface area contributed by atoms with Crippen LogP contribution in [0.25, 0.3) is 11.6 Å². The number of halogens is 1. The van der Waals surface area contributed by atoms with E-state index in [-0.39, 0.29) is 24.0 Å². The second-order valence-electron chi connectivity index (χ2n) is 7.25.